The van der Waals surface area contributed by atoms with E-state index in [1.54, 1.807) is 12.1 Å². The van der Waals surface area contributed by atoms with Gasteiger partial charge in [0.2, 0.25) is 0 Å². The quantitative estimate of drug-likeness (QED) is 0.878. The van der Waals surface area contributed by atoms with Crippen molar-refractivity contribution in [3.63, 3.8) is 0 Å². The Bertz CT molecular complexity index is 771. The zero-order valence-corrected chi connectivity index (χ0v) is 15.2. The number of carbonyl (C=O) groups is 2. The van der Waals surface area contributed by atoms with Gasteiger partial charge in [0.25, 0.3) is 5.91 Å². The summed E-state index contributed by atoms with van der Waals surface area (Å²) in [7, 11) is 0. The molecule has 4 rings (SSSR count). The van der Waals surface area contributed by atoms with Crippen LogP contribution in [0.4, 0.5) is 10.5 Å². The third-order valence-corrected chi connectivity index (χ3v) is 6.56. The predicted octanol–water partition coefficient (Wildman–Crippen LogP) is 3.49. The highest BCUT2D eigenvalue weighted by Crippen LogP contribution is 2.44. The fraction of sp³-hybridized carbons (Fsp3) is 0.368. The minimum absolute atomic E-state index is 0.0535. The maximum atomic E-state index is 12.8. The van der Waals surface area contributed by atoms with Gasteiger partial charge in [-0.25, -0.2) is 4.79 Å². The van der Waals surface area contributed by atoms with Gasteiger partial charge in [-0.15, -0.1) is 11.8 Å². The summed E-state index contributed by atoms with van der Waals surface area (Å²) >= 11 is 1.82. The van der Waals surface area contributed by atoms with Crippen LogP contribution in [0.25, 0.3) is 0 Å². The molecule has 0 radical (unpaired) electrons. The summed E-state index contributed by atoms with van der Waals surface area (Å²) in [5.74, 6) is 1.25. The van der Waals surface area contributed by atoms with Crippen molar-refractivity contribution in [3.8, 4) is 0 Å². The number of amides is 3. The maximum Gasteiger partial charge on any atom is 0.321 e. The molecule has 2 aliphatic rings. The molecule has 2 fully saturated rings. The average Bonchev–Trinajstić information content (AvgIpc) is 3.33. The molecule has 1 aromatic carbocycles. The summed E-state index contributed by atoms with van der Waals surface area (Å²) in [6.07, 6.45) is 3.07. The zero-order chi connectivity index (χ0) is 18.0. The molecule has 26 heavy (non-hydrogen) atoms. The van der Waals surface area contributed by atoms with Gasteiger partial charge in [0.15, 0.2) is 5.76 Å². The van der Waals surface area contributed by atoms with Crippen molar-refractivity contribution < 1.29 is 14.0 Å². The number of urea groups is 1. The first-order valence-corrected chi connectivity index (χ1v) is 9.77. The number of anilines is 1. The molecule has 136 valence electrons. The van der Waals surface area contributed by atoms with Crippen LogP contribution in [0.1, 0.15) is 23.4 Å². The van der Waals surface area contributed by atoms with Crippen molar-refractivity contribution in [1.82, 2.24) is 9.80 Å². The Morgan fingerprint density at radius 2 is 1.81 bits per heavy atom. The van der Waals surface area contributed by atoms with E-state index in [0.29, 0.717) is 18.8 Å². The monoisotopic (exact) mass is 371 g/mol. The third kappa shape index (κ3) is 3.19. The van der Waals surface area contributed by atoms with E-state index in [1.807, 2.05) is 51.9 Å². The minimum Gasteiger partial charge on any atom is -0.459 e. The summed E-state index contributed by atoms with van der Waals surface area (Å²) in [5, 5.41) is 2.93. The third-order valence-electron chi connectivity index (χ3n) is 5.01. The van der Waals surface area contributed by atoms with E-state index in [4.69, 9.17) is 4.42 Å². The first-order valence-electron chi connectivity index (χ1n) is 8.78. The van der Waals surface area contributed by atoms with Gasteiger partial charge in [-0.05, 0) is 37.1 Å². The molecular formula is C19H21N3O3S. The normalized spacial score (nSPS) is 18.9. The van der Waals surface area contributed by atoms with Gasteiger partial charge >= 0.3 is 6.03 Å². The lowest BCUT2D eigenvalue weighted by atomic mass is 10.0. The molecule has 1 aromatic heterocycles. The standard InChI is InChI=1S/C19H21N3O3S/c23-17(16-7-4-13-25-16)22-12-14-26-19(22)8-10-21(11-9-19)18(24)20-15-5-2-1-3-6-15/h1-7,13H,8-12,14H2,(H,20,24). The van der Waals surface area contributed by atoms with Crippen LogP contribution in [0.3, 0.4) is 0 Å². The van der Waals surface area contributed by atoms with Crippen LogP contribution in [0.2, 0.25) is 0 Å². The lowest BCUT2D eigenvalue weighted by Gasteiger charge is -2.43. The Labute approximate surface area is 156 Å². The number of carbonyl (C=O) groups excluding carboxylic acids is 2. The van der Waals surface area contributed by atoms with Crippen LogP contribution < -0.4 is 5.32 Å². The van der Waals surface area contributed by atoms with E-state index < -0.39 is 0 Å². The van der Waals surface area contributed by atoms with Crippen molar-refractivity contribution >= 4 is 29.4 Å². The molecule has 3 heterocycles. The fourth-order valence-electron chi connectivity index (χ4n) is 3.63. The number of nitrogens with zero attached hydrogens (tertiary/aromatic N) is 2. The Kier molecular flexibility index (Phi) is 4.63. The summed E-state index contributed by atoms with van der Waals surface area (Å²) in [6.45, 7) is 1.99. The largest absolute Gasteiger partial charge is 0.459 e. The summed E-state index contributed by atoms with van der Waals surface area (Å²) in [6, 6.07) is 12.8. The molecule has 6 nitrogen and oxygen atoms in total. The lowest BCUT2D eigenvalue weighted by molar-refractivity contribution is 0.0554. The highest BCUT2D eigenvalue weighted by Gasteiger charge is 2.47. The molecule has 0 atom stereocenters. The van der Waals surface area contributed by atoms with Gasteiger partial charge < -0.3 is 19.5 Å². The van der Waals surface area contributed by atoms with Gasteiger partial charge in [0, 0.05) is 31.1 Å². The number of rotatable bonds is 2. The van der Waals surface area contributed by atoms with E-state index in [2.05, 4.69) is 5.32 Å². The summed E-state index contributed by atoms with van der Waals surface area (Å²) in [5.41, 5.74) is 0.794. The average molecular weight is 371 g/mol. The van der Waals surface area contributed by atoms with Crippen molar-refractivity contribution in [1.29, 1.82) is 0 Å². The molecule has 0 unspecified atom stereocenters. The Morgan fingerprint density at radius 1 is 1.04 bits per heavy atom. The van der Waals surface area contributed by atoms with Crippen LogP contribution >= 0.6 is 11.8 Å². The van der Waals surface area contributed by atoms with Gasteiger partial charge in [0.05, 0.1) is 11.1 Å². The number of piperidine rings is 1. The van der Waals surface area contributed by atoms with Crippen LogP contribution in [0.5, 0.6) is 0 Å². The molecular weight excluding hydrogens is 350 g/mol. The van der Waals surface area contributed by atoms with Gasteiger partial charge in [0.1, 0.15) is 0 Å². The Hall–Kier alpha value is -2.41. The smallest absolute Gasteiger partial charge is 0.321 e. The van der Waals surface area contributed by atoms with E-state index in [1.165, 1.54) is 6.26 Å². The number of hydrogen-bond donors (Lipinski definition) is 1. The number of benzene rings is 1. The molecule has 1 spiro atoms. The molecule has 1 N–H and O–H groups in total. The van der Waals surface area contributed by atoms with Gasteiger partial charge in [-0.1, -0.05) is 18.2 Å². The van der Waals surface area contributed by atoms with Crippen LogP contribution in [-0.4, -0.2) is 52.0 Å². The lowest BCUT2D eigenvalue weighted by Crippen LogP contribution is -2.54. The number of thioether (sulfide) groups is 1. The molecule has 0 bridgehead atoms. The van der Waals surface area contributed by atoms with E-state index in [-0.39, 0.29) is 16.8 Å². The molecule has 2 aliphatic heterocycles. The topological polar surface area (TPSA) is 65.8 Å². The number of likely N-dealkylation sites (tertiary alicyclic amines) is 1. The van der Waals surface area contributed by atoms with Crippen LogP contribution in [0.15, 0.2) is 53.1 Å². The number of nitrogens with one attached hydrogen (secondary N) is 1. The number of hydrogen-bond acceptors (Lipinski definition) is 4. The molecule has 0 aliphatic carbocycles. The van der Waals surface area contributed by atoms with E-state index >= 15 is 0 Å². The second kappa shape index (κ2) is 7.07. The predicted molar refractivity (Wildman–Crippen MR) is 101 cm³/mol. The zero-order valence-electron chi connectivity index (χ0n) is 14.4. The van der Waals surface area contributed by atoms with Crippen molar-refractivity contribution in [2.75, 3.05) is 30.7 Å². The highest BCUT2D eigenvalue weighted by atomic mass is 32.2. The molecule has 3 amide bonds. The molecule has 0 saturated carbocycles. The summed E-state index contributed by atoms with van der Waals surface area (Å²) in [4.78, 5) is 28.8. The van der Waals surface area contributed by atoms with Crippen molar-refractivity contribution in [2.45, 2.75) is 17.7 Å². The molecule has 7 heteroatoms. The van der Waals surface area contributed by atoms with Gasteiger partial charge in [-0.3, -0.25) is 4.79 Å². The van der Waals surface area contributed by atoms with Crippen LogP contribution in [0, 0.1) is 0 Å². The fourth-order valence-corrected chi connectivity index (χ4v) is 5.08. The first-order chi connectivity index (χ1) is 12.7. The van der Waals surface area contributed by atoms with E-state index in [0.717, 1.165) is 30.8 Å². The van der Waals surface area contributed by atoms with Gasteiger partial charge in [-0.2, -0.15) is 0 Å². The Morgan fingerprint density at radius 3 is 2.50 bits per heavy atom. The first kappa shape index (κ1) is 17.0. The highest BCUT2D eigenvalue weighted by molar-refractivity contribution is 8.00. The molecule has 2 saturated heterocycles. The summed E-state index contributed by atoms with van der Waals surface area (Å²) < 4.78 is 5.29. The second-order valence-electron chi connectivity index (χ2n) is 6.51. The number of para-hydroxylation sites is 1. The van der Waals surface area contributed by atoms with E-state index in [9.17, 15) is 9.59 Å². The number of furan rings is 1. The maximum absolute atomic E-state index is 12.8. The second-order valence-corrected chi connectivity index (χ2v) is 7.97. The SMILES string of the molecule is O=C(Nc1ccccc1)N1CCC2(CC1)SCCN2C(=O)c1ccco1. The van der Waals surface area contributed by atoms with Crippen LogP contribution in [-0.2, 0) is 0 Å². The van der Waals surface area contributed by atoms with Crippen molar-refractivity contribution in [2.24, 2.45) is 0 Å². The Balaban J connectivity index is 1.40. The molecule has 2 aromatic rings. The minimum atomic E-state index is -0.229. The van der Waals surface area contributed by atoms with Crippen molar-refractivity contribution in [3.05, 3.63) is 54.5 Å².